The van der Waals surface area contributed by atoms with Crippen molar-refractivity contribution in [1.29, 1.82) is 0 Å². The van der Waals surface area contributed by atoms with E-state index in [9.17, 15) is 14.4 Å². The van der Waals surface area contributed by atoms with E-state index in [0.717, 1.165) is 12.1 Å². The Morgan fingerprint density at radius 3 is 2.71 bits per heavy atom. The summed E-state index contributed by atoms with van der Waals surface area (Å²) in [5, 5.41) is 3.20. The van der Waals surface area contributed by atoms with Crippen LogP contribution >= 0.6 is 0 Å². The second-order valence-electron chi connectivity index (χ2n) is 7.52. The maximum absolute atomic E-state index is 12.4. The summed E-state index contributed by atoms with van der Waals surface area (Å²) in [6.07, 6.45) is 1.78. The number of benzene rings is 1. The topological polar surface area (TPSA) is 106 Å². The molecule has 1 aromatic carbocycles. The lowest BCUT2D eigenvalue weighted by Gasteiger charge is -2.25. The number of carbonyl (C=O) groups excluding carboxylic acids is 1. The average molecular weight is 431 g/mol. The first kappa shape index (κ1) is 22.6. The molecule has 1 saturated heterocycles. The predicted octanol–water partition coefficient (Wildman–Crippen LogP) is 2.40. The van der Waals surface area contributed by atoms with Crippen LogP contribution in [0.4, 0.5) is 16.3 Å². The third-order valence-corrected chi connectivity index (χ3v) is 5.31. The second kappa shape index (κ2) is 10.8. The number of ether oxygens (including phenoxy) is 2. The van der Waals surface area contributed by atoms with Gasteiger partial charge >= 0.3 is 11.8 Å². The average Bonchev–Trinajstić information content (AvgIpc) is 2.76. The summed E-state index contributed by atoms with van der Waals surface area (Å²) in [7, 11) is 0. The van der Waals surface area contributed by atoms with Crippen LogP contribution < -0.4 is 16.6 Å². The number of morpholine rings is 1. The Labute approximate surface area is 181 Å². The van der Waals surface area contributed by atoms with E-state index in [4.69, 9.17) is 9.47 Å². The normalized spacial score (nSPS) is 13.8. The molecule has 9 nitrogen and oxygen atoms in total. The van der Waals surface area contributed by atoms with Crippen LogP contribution in [0.2, 0.25) is 0 Å². The minimum atomic E-state index is -0.469. The van der Waals surface area contributed by atoms with Crippen molar-refractivity contribution in [2.75, 3.05) is 38.2 Å². The third kappa shape index (κ3) is 6.21. The number of anilines is 2. The Bertz CT molecular complexity index is 1010. The molecule has 1 aromatic heterocycles. The van der Waals surface area contributed by atoms with Crippen molar-refractivity contribution in [3.05, 3.63) is 56.2 Å². The molecular formula is C22H30N4O5. The van der Waals surface area contributed by atoms with Gasteiger partial charge in [-0.05, 0) is 49.4 Å². The van der Waals surface area contributed by atoms with Crippen molar-refractivity contribution in [2.45, 2.75) is 39.7 Å². The molecule has 1 fully saturated rings. The second-order valence-corrected chi connectivity index (χ2v) is 7.52. The first-order valence-corrected chi connectivity index (χ1v) is 10.7. The van der Waals surface area contributed by atoms with E-state index in [1.165, 1.54) is 21.8 Å². The van der Waals surface area contributed by atoms with E-state index in [2.05, 4.69) is 24.1 Å². The van der Waals surface area contributed by atoms with Crippen LogP contribution in [-0.2, 0) is 22.4 Å². The number of nitrogens with zero attached hydrogens (tertiary/aromatic N) is 2. The first-order valence-electron chi connectivity index (χ1n) is 10.7. The SMILES string of the molecule is CCc1cc(Nc2cc(=O)[nH]c(=O)n2CCCCOC(=O)N2CCOCC2)ccc1C. The Kier molecular flexibility index (Phi) is 7.88. The molecule has 0 radical (unpaired) electrons. The molecule has 1 amide bonds. The minimum Gasteiger partial charge on any atom is -0.449 e. The highest BCUT2D eigenvalue weighted by molar-refractivity contribution is 5.67. The number of hydrogen-bond donors (Lipinski definition) is 2. The lowest BCUT2D eigenvalue weighted by Crippen LogP contribution is -2.41. The zero-order chi connectivity index (χ0) is 22.2. The molecule has 1 aliphatic rings. The quantitative estimate of drug-likeness (QED) is 0.623. The highest BCUT2D eigenvalue weighted by atomic mass is 16.6. The highest BCUT2D eigenvalue weighted by Crippen LogP contribution is 2.19. The molecule has 0 aliphatic carbocycles. The lowest BCUT2D eigenvalue weighted by atomic mass is 10.1. The lowest BCUT2D eigenvalue weighted by molar-refractivity contribution is 0.0267. The molecule has 0 atom stereocenters. The summed E-state index contributed by atoms with van der Waals surface area (Å²) in [5.41, 5.74) is 2.29. The van der Waals surface area contributed by atoms with Crippen molar-refractivity contribution in [2.24, 2.45) is 0 Å². The van der Waals surface area contributed by atoms with Gasteiger partial charge in [0.1, 0.15) is 5.82 Å². The fraction of sp³-hybridized carbons (Fsp3) is 0.500. The molecule has 3 rings (SSSR count). The Hall–Kier alpha value is -3.07. The van der Waals surface area contributed by atoms with Crippen LogP contribution in [0.5, 0.6) is 0 Å². The maximum atomic E-state index is 12.4. The Balaban J connectivity index is 1.59. The molecule has 0 spiro atoms. The van der Waals surface area contributed by atoms with Crippen LogP contribution in [0.25, 0.3) is 0 Å². The van der Waals surface area contributed by atoms with Crippen LogP contribution in [0, 0.1) is 6.92 Å². The molecule has 9 heteroatoms. The molecule has 2 N–H and O–H groups in total. The van der Waals surface area contributed by atoms with Gasteiger partial charge in [-0.3, -0.25) is 14.3 Å². The summed E-state index contributed by atoms with van der Waals surface area (Å²) in [4.78, 5) is 40.2. The van der Waals surface area contributed by atoms with Crippen molar-refractivity contribution in [1.82, 2.24) is 14.5 Å². The smallest absolute Gasteiger partial charge is 0.409 e. The number of unbranched alkanes of at least 4 members (excludes halogenated alkanes) is 1. The minimum absolute atomic E-state index is 0.273. The Morgan fingerprint density at radius 2 is 1.97 bits per heavy atom. The molecule has 31 heavy (non-hydrogen) atoms. The fourth-order valence-electron chi connectivity index (χ4n) is 3.49. The van der Waals surface area contributed by atoms with Gasteiger partial charge in [-0.25, -0.2) is 9.59 Å². The van der Waals surface area contributed by atoms with E-state index in [0.29, 0.717) is 51.5 Å². The summed E-state index contributed by atoms with van der Waals surface area (Å²) in [6.45, 7) is 6.94. The van der Waals surface area contributed by atoms with Gasteiger partial charge in [0.25, 0.3) is 5.56 Å². The van der Waals surface area contributed by atoms with Gasteiger partial charge in [-0.1, -0.05) is 13.0 Å². The van der Waals surface area contributed by atoms with Gasteiger partial charge in [0.15, 0.2) is 0 Å². The zero-order valence-electron chi connectivity index (χ0n) is 18.1. The maximum Gasteiger partial charge on any atom is 0.409 e. The number of hydrogen-bond acceptors (Lipinski definition) is 6. The van der Waals surface area contributed by atoms with Gasteiger partial charge in [-0.2, -0.15) is 0 Å². The molecule has 0 bridgehead atoms. The largest absolute Gasteiger partial charge is 0.449 e. The number of aromatic amines is 1. The number of aryl methyl sites for hydroxylation is 2. The van der Waals surface area contributed by atoms with E-state index < -0.39 is 11.2 Å². The van der Waals surface area contributed by atoms with E-state index in [-0.39, 0.29) is 12.7 Å². The molecular weight excluding hydrogens is 400 g/mol. The molecule has 2 aromatic rings. The van der Waals surface area contributed by atoms with Crippen molar-refractivity contribution in [3.8, 4) is 0 Å². The predicted molar refractivity (Wildman–Crippen MR) is 118 cm³/mol. The summed E-state index contributed by atoms with van der Waals surface area (Å²) >= 11 is 0. The first-order chi connectivity index (χ1) is 15.0. The van der Waals surface area contributed by atoms with E-state index in [1.54, 1.807) is 4.90 Å². The summed E-state index contributed by atoms with van der Waals surface area (Å²) < 4.78 is 12.0. The standard InChI is InChI=1S/C22H30N4O5/c1-3-17-14-18(7-6-16(17)2)23-19-15-20(27)24-21(28)26(19)8-4-5-11-31-22(29)25-9-12-30-13-10-25/h6-7,14-15,23H,3-5,8-13H2,1-2H3,(H,24,27,28). The Morgan fingerprint density at radius 1 is 1.19 bits per heavy atom. The van der Waals surface area contributed by atoms with Gasteiger partial charge in [0.05, 0.1) is 19.8 Å². The molecule has 0 saturated carbocycles. The molecule has 0 unspecified atom stereocenters. The van der Waals surface area contributed by atoms with Crippen molar-refractivity contribution < 1.29 is 14.3 Å². The number of aromatic nitrogens is 2. The number of nitrogens with one attached hydrogen (secondary N) is 2. The van der Waals surface area contributed by atoms with Crippen molar-refractivity contribution >= 4 is 17.6 Å². The summed E-state index contributed by atoms with van der Waals surface area (Å²) in [6, 6.07) is 7.34. The fourth-order valence-corrected chi connectivity index (χ4v) is 3.49. The van der Waals surface area contributed by atoms with Gasteiger partial charge in [0, 0.05) is 31.4 Å². The third-order valence-electron chi connectivity index (χ3n) is 5.31. The number of rotatable bonds is 8. The number of amides is 1. The van der Waals surface area contributed by atoms with Gasteiger partial charge in [-0.15, -0.1) is 0 Å². The molecule has 1 aliphatic heterocycles. The van der Waals surface area contributed by atoms with Crippen molar-refractivity contribution in [3.63, 3.8) is 0 Å². The highest BCUT2D eigenvalue weighted by Gasteiger charge is 2.17. The molecule has 168 valence electrons. The summed E-state index contributed by atoms with van der Waals surface area (Å²) in [5.74, 6) is 0.435. The zero-order valence-corrected chi connectivity index (χ0v) is 18.1. The van der Waals surface area contributed by atoms with Crippen LogP contribution in [0.3, 0.4) is 0 Å². The monoisotopic (exact) mass is 430 g/mol. The number of carbonyl (C=O) groups is 1. The van der Waals surface area contributed by atoms with Crippen LogP contribution in [-0.4, -0.2) is 53.5 Å². The number of H-pyrrole nitrogens is 1. The van der Waals surface area contributed by atoms with Gasteiger partial charge < -0.3 is 19.7 Å². The van der Waals surface area contributed by atoms with E-state index in [1.807, 2.05) is 18.2 Å². The van der Waals surface area contributed by atoms with Crippen LogP contribution in [0.15, 0.2) is 33.9 Å². The van der Waals surface area contributed by atoms with Gasteiger partial charge in [0.2, 0.25) is 0 Å². The van der Waals surface area contributed by atoms with E-state index >= 15 is 0 Å². The molecule has 2 heterocycles. The van der Waals surface area contributed by atoms with Crippen LogP contribution in [0.1, 0.15) is 30.9 Å².